The molecule has 1 unspecified atom stereocenters. The summed E-state index contributed by atoms with van der Waals surface area (Å²) in [4.78, 5) is 16.0. The topological polar surface area (TPSA) is 94.8 Å². The van der Waals surface area contributed by atoms with Crippen LogP contribution in [0.5, 0.6) is 0 Å². The molecule has 4 atom stereocenters. The number of benzene rings is 2. The second-order valence-electron chi connectivity index (χ2n) is 10.6. The smallest absolute Gasteiger partial charge is 0.226 e. The molecule has 2 aromatic heterocycles. The molecule has 0 spiro atoms. The minimum Gasteiger partial charge on any atom is -0.394 e. The number of halogens is 1. The Morgan fingerprint density at radius 3 is 2.21 bits per heavy atom. The van der Waals surface area contributed by atoms with E-state index in [-0.39, 0.29) is 17.3 Å². The van der Waals surface area contributed by atoms with Gasteiger partial charge in [-0.3, -0.25) is 4.57 Å². The zero-order valence-electron chi connectivity index (χ0n) is 21.1. The molecule has 4 aromatic rings. The van der Waals surface area contributed by atoms with Gasteiger partial charge < -0.3 is 24.2 Å². The SMILES string of the molecule is CC1(C)OC2[C@@H](O1)[C@@H](CO)O[C@H]2n1cnc2c(N3CC(c4ccccc4)(c4ccccc4)C3)nc(Cl)nc21. The van der Waals surface area contributed by atoms with Gasteiger partial charge in [-0.05, 0) is 36.6 Å². The predicted octanol–water partition coefficient (Wildman–Crippen LogP) is 3.70. The number of aromatic nitrogens is 4. The first-order valence-corrected chi connectivity index (χ1v) is 13.1. The summed E-state index contributed by atoms with van der Waals surface area (Å²) in [5, 5.41) is 10.0. The van der Waals surface area contributed by atoms with Gasteiger partial charge in [0.05, 0.1) is 18.3 Å². The van der Waals surface area contributed by atoms with E-state index in [4.69, 9.17) is 30.8 Å². The summed E-state index contributed by atoms with van der Waals surface area (Å²) in [5.74, 6) is -0.104. The maximum Gasteiger partial charge on any atom is 0.226 e. The summed E-state index contributed by atoms with van der Waals surface area (Å²) in [5.41, 5.74) is 3.52. The lowest BCUT2D eigenvalue weighted by Gasteiger charge is -2.51. The van der Waals surface area contributed by atoms with Gasteiger partial charge in [0, 0.05) is 13.1 Å². The molecule has 38 heavy (non-hydrogen) atoms. The van der Waals surface area contributed by atoms with Crippen molar-refractivity contribution in [1.29, 1.82) is 0 Å². The average molecular weight is 534 g/mol. The van der Waals surface area contributed by atoms with Crippen LogP contribution in [0.15, 0.2) is 67.0 Å². The third-order valence-electron chi connectivity index (χ3n) is 7.83. The maximum atomic E-state index is 9.91. The van der Waals surface area contributed by atoms with Crippen LogP contribution in [0.1, 0.15) is 31.2 Å². The number of aliphatic hydroxyl groups excluding tert-OH is 1. The van der Waals surface area contributed by atoms with Crippen molar-refractivity contribution in [3.8, 4) is 0 Å². The first-order valence-electron chi connectivity index (χ1n) is 12.8. The first kappa shape index (κ1) is 24.0. The van der Waals surface area contributed by atoms with E-state index < -0.39 is 30.3 Å². The molecular formula is C28H28ClN5O4. The van der Waals surface area contributed by atoms with Crippen LogP contribution in [-0.4, -0.2) is 68.4 Å². The van der Waals surface area contributed by atoms with Crippen molar-refractivity contribution in [3.05, 3.63) is 83.4 Å². The van der Waals surface area contributed by atoms with Crippen LogP contribution >= 0.6 is 11.6 Å². The number of aliphatic hydroxyl groups is 1. The zero-order valence-corrected chi connectivity index (χ0v) is 21.8. The third kappa shape index (κ3) is 3.65. The van der Waals surface area contributed by atoms with Gasteiger partial charge in [0.2, 0.25) is 5.28 Å². The molecule has 0 saturated carbocycles. The molecule has 3 aliphatic rings. The van der Waals surface area contributed by atoms with Crippen molar-refractivity contribution >= 4 is 28.6 Å². The molecule has 9 nitrogen and oxygen atoms in total. The molecule has 3 fully saturated rings. The van der Waals surface area contributed by atoms with E-state index in [2.05, 4.69) is 63.4 Å². The molecule has 0 bridgehead atoms. The Labute approximate surface area is 225 Å². The molecular weight excluding hydrogens is 506 g/mol. The fourth-order valence-electron chi connectivity index (χ4n) is 6.11. The van der Waals surface area contributed by atoms with Gasteiger partial charge in [0.15, 0.2) is 29.0 Å². The van der Waals surface area contributed by atoms with Crippen molar-refractivity contribution in [2.75, 3.05) is 24.6 Å². The Balaban J connectivity index is 1.25. The van der Waals surface area contributed by atoms with Crippen LogP contribution in [-0.2, 0) is 19.6 Å². The summed E-state index contributed by atoms with van der Waals surface area (Å²) in [6.45, 7) is 4.97. The normalized spacial score (nSPS) is 27.4. The molecule has 10 heteroatoms. The highest BCUT2D eigenvalue weighted by molar-refractivity contribution is 6.28. The summed E-state index contributed by atoms with van der Waals surface area (Å²) < 4.78 is 20.2. The molecule has 0 radical (unpaired) electrons. The zero-order chi connectivity index (χ0) is 26.1. The van der Waals surface area contributed by atoms with E-state index in [0.29, 0.717) is 17.0 Å². The van der Waals surface area contributed by atoms with E-state index in [1.54, 1.807) is 6.33 Å². The molecule has 3 saturated heterocycles. The number of fused-ring (bicyclic) bond motifs is 2. The van der Waals surface area contributed by atoms with Crippen molar-refractivity contribution in [2.24, 2.45) is 0 Å². The maximum absolute atomic E-state index is 9.91. The van der Waals surface area contributed by atoms with E-state index in [0.717, 1.165) is 13.1 Å². The molecule has 0 aliphatic carbocycles. The Morgan fingerprint density at radius 2 is 1.58 bits per heavy atom. The molecule has 1 N–H and O–H groups in total. The highest BCUT2D eigenvalue weighted by Crippen LogP contribution is 2.46. The van der Waals surface area contributed by atoms with E-state index in [9.17, 15) is 5.11 Å². The Kier molecular flexibility index (Phi) is 5.51. The van der Waals surface area contributed by atoms with E-state index in [1.807, 2.05) is 30.5 Å². The largest absolute Gasteiger partial charge is 0.394 e. The van der Waals surface area contributed by atoms with Gasteiger partial charge in [-0.25, -0.2) is 4.98 Å². The second-order valence-corrected chi connectivity index (χ2v) is 11.0. The number of ether oxygens (including phenoxy) is 3. The molecule has 3 aliphatic heterocycles. The lowest BCUT2D eigenvalue weighted by Crippen LogP contribution is -2.60. The Morgan fingerprint density at radius 1 is 0.947 bits per heavy atom. The van der Waals surface area contributed by atoms with Crippen LogP contribution in [0.2, 0.25) is 5.28 Å². The van der Waals surface area contributed by atoms with Crippen molar-refractivity contribution in [1.82, 2.24) is 19.5 Å². The van der Waals surface area contributed by atoms with Gasteiger partial charge in [0.1, 0.15) is 18.3 Å². The minimum absolute atomic E-state index is 0.128. The highest BCUT2D eigenvalue weighted by atomic mass is 35.5. The second kappa shape index (κ2) is 8.72. The van der Waals surface area contributed by atoms with Crippen LogP contribution < -0.4 is 4.90 Å². The lowest BCUT2D eigenvalue weighted by molar-refractivity contribution is -0.199. The van der Waals surface area contributed by atoms with Crippen LogP contribution in [0, 0.1) is 0 Å². The first-order chi connectivity index (χ1) is 18.4. The number of hydrogen-bond donors (Lipinski definition) is 1. The average Bonchev–Trinajstić information content (AvgIpc) is 3.55. The third-order valence-corrected chi connectivity index (χ3v) is 8.00. The molecule has 7 rings (SSSR count). The van der Waals surface area contributed by atoms with Gasteiger partial charge in [-0.2, -0.15) is 9.97 Å². The fourth-order valence-corrected chi connectivity index (χ4v) is 6.27. The van der Waals surface area contributed by atoms with Gasteiger partial charge >= 0.3 is 0 Å². The number of rotatable bonds is 5. The molecule has 0 amide bonds. The van der Waals surface area contributed by atoms with E-state index in [1.165, 1.54) is 11.1 Å². The van der Waals surface area contributed by atoms with Crippen LogP contribution in [0.25, 0.3) is 11.2 Å². The summed E-state index contributed by atoms with van der Waals surface area (Å²) >= 11 is 6.48. The quantitative estimate of drug-likeness (QED) is 0.388. The summed E-state index contributed by atoms with van der Waals surface area (Å²) in [7, 11) is 0. The number of hydrogen-bond acceptors (Lipinski definition) is 8. The van der Waals surface area contributed by atoms with Gasteiger partial charge in [-0.1, -0.05) is 60.7 Å². The predicted molar refractivity (Wildman–Crippen MR) is 141 cm³/mol. The van der Waals surface area contributed by atoms with Crippen molar-refractivity contribution < 1.29 is 19.3 Å². The van der Waals surface area contributed by atoms with Crippen LogP contribution in [0.3, 0.4) is 0 Å². The lowest BCUT2D eigenvalue weighted by atomic mass is 9.68. The molecule has 2 aromatic carbocycles. The summed E-state index contributed by atoms with van der Waals surface area (Å²) in [6.07, 6.45) is -0.247. The monoisotopic (exact) mass is 533 g/mol. The number of imidazole rings is 1. The Bertz CT molecular complexity index is 1430. The van der Waals surface area contributed by atoms with Crippen molar-refractivity contribution in [3.63, 3.8) is 0 Å². The minimum atomic E-state index is -0.783. The summed E-state index contributed by atoms with van der Waals surface area (Å²) in [6, 6.07) is 21.1. The molecule has 196 valence electrons. The van der Waals surface area contributed by atoms with Crippen molar-refractivity contribution in [2.45, 2.75) is 49.6 Å². The van der Waals surface area contributed by atoms with Gasteiger partial charge in [0.25, 0.3) is 0 Å². The standard InChI is InChI=1S/C28H28ClN5O4/c1-27(2)37-21-19(13-35)36-25(22(21)38-27)34-16-30-20-23(31-26(29)32-24(20)34)33-14-28(15-33,17-9-5-3-6-10-17)18-11-7-4-8-12-18/h3-12,16,19,21-22,25,35H,13-15H2,1-2H3/t19-,21+,22?,25-/m1/s1. The van der Waals surface area contributed by atoms with E-state index >= 15 is 0 Å². The molecule has 5 heterocycles. The Hall–Kier alpha value is -3.08. The highest BCUT2D eigenvalue weighted by Gasteiger charge is 2.56. The fraction of sp³-hybridized carbons (Fsp3) is 0.393. The number of anilines is 1. The number of nitrogens with zero attached hydrogens (tertiary/aromatic N) is 5. The van der Waals surface area contributed by atoms with Gasteiger partial charge in [-0.15, -0.1) is 0 Å². The van der Waals surface area contributed by atoms with Crippen LogP contribution in [0.4, 0.5) is 5.82 Å².